The van der Waals surface area contributed by atoms with Gasteiger partial charge in [-0.1, -0.05) is 47.6 Å². The van der Waals surface area contributed by atoms with E-state index >= 15 is 0 Å². The van der Waals surface area contributed by atoms with Crippen LogP contribution in [0.1, 0.15) is 73.1 Å². The number of nitrogens with zero attached hydrogens (tertiary/aromatic N) is 1. The van der Waals surface area contributed by atoms with Crippen molar-refractivity contribution in [2.45, 2.75) is 84.2 Å². The summed E-state index contributed by atoms with van der Waals surface area (Å²) in [6.45, 7) is 10.5. The maximum Gasteiger partial charge on any atom is 0.118 e. The minimum Gasteiger partial charge on any atom is -0.322 e. The van der Waals surface area contributed by atoms with Crippen LogP contribution in [0.3, 0.4) is 0 Å². The van der Waals surface area contributed by atoms with Crippen molar-refractivity contribution in [2.75, 3.05) is 0 Å². The summed E-state index contributed by atoms with van der Waals surface area (Å²) < 4.78 is 0. The van der Waals surface area contributed by atoms with Crippen molar-refractivity contribution >= 4 is 0 Å². The Morgan fingerprint density at radius 1 is 1.39 bits per heavy atom. The first-order valence-corrected chi connectivity index (χ1v) is 8.83. The number of rotatable bonds is 5. The third-order valence-corrected chi connectivity index (χ3v) is 5.13. The highest BCUT2D eigenvalue weighted by molar-refractivity contribution is 5.17. The zero-order valence-electron chi connectivity index (χ0n) is 15.6. The first-order valence-electron chi connectivity index (χ1n) is 8.83. The lowest BCUT2D eigenvalue weighted by Crippen LogP contribution is -2.45. The van der Waals surface area contributed by atoms with Gasteiger partial charge < -0.3 is 5.73 Å². The smallest absolute Gasteiger partial charge is 0.118 e. The molecule has 0 heterocycles. The summed E-state index contributed by atoms with van der Waals surface area (Å²) in [5.41, 5.74) is 8.44. The van der Waals surface area contributed by atoms with E-state index in [0.29, 0.717) is 5.92 Å². The van der Waals surface area contributed by atoms with Gasteiger partial charge >= 0.3 is 0 Å². The van der Waals surface area contributed by atoms with Gasteiger partial charge in [-0.05, 0) is 72.1 Å². The topological polar surface area (TPSA) is 55.4 Å². The van der Waals surface area contributed by atoms with E-state index in [1.807, 2.05) is 13.0 Å². The highest BCUT2D eigenvalue weighted by atomic mass is 16.3. The minimum atomic E-state index is -0.654. The lowest BCUT2D eigenvalue weighted by molar-refractivity contribution is 0.316. The molecule has 0 spiro atoms. The predicted octanol–water partition coefficient (Wildman–Crippen LogP) is 5.67. The van der Waals surface area contributed by atoms with Gasteiger partial charge in [-0.15, -0.1) is 4.91 Å². The molecule has 0 fully saturated rings. The average Bonchev–Trinajstić information content (AvgIpc) is 2.50. The molecule has 0 bridgehead atoms. The summed E-state index contributed by atoms with van der Waals surface area (Å²) >= 11 is 0. The van der Waals surface area contributed by atoms with Crippen molar-refractivity contribution in [1.29, 1.82) is 0 Å². The van der Waals surface area contributed by atoms with Crippen LogP contribution in [-0.2, 0) is 0 Å². The van der Waals surface area contributed by atoms with Gasteiger partial charge in [0, 0.05) is 5.54 Å². The standard InChI is InChI=1S/C20H34N2O/c1-16(2)8-6-10-18(4)20(21)13-11-17(3)9-7-12-19(5,22-23)14-15-20/h8-9,14-15,18H,6-7,10-13,21H2,1-5H3/b15-14+,17-9-/t18-,19+,20+/m1/s1. The highest BCUT2D eigenvalue weighted by Gasteiger charge is 2.31. The normalized spacial score (nSPS) is 33.9. The zero-order chi connectivity index (χ0) is 17.5. The monoisotopic (exact) mass is 318 g/mol. The Labute approximate surface area is 142 Å². The van der Waals surface area contributed by atoms with Crippen LogP contribution in [0, 0.1) is 10.8 Å². The molecule has 0 aromatic heterocycles. The Morgan fingerprint density at radius 2 is 2.09 bits per heavy atom. The predicted molar refractivity (Wildman–Crippen MR) is 100 cm³/mol. The molecule has 130 valence electrons. The molecule has 0 saturated heterocycles. The fourth-order valence-electron chi connectivity index (χ4n) is 3.01. The Hall–Kier alpha value is -1.22. The third-order valence-electron chi connectivity index (χ3n) is 5.13. The number of hydrogen-bond acceptors (Lipinski definition) is 3. The van der Waals surface area contributed by atoms with E-state index in [4.69, 9.17) is 5.73 Å². The molecule has 2 N–H and O–H groups in total. The molecule has 0 unspecified atom stereocenters. The van der Waals surface area contributed by atoms with E-state index in [1.54, 1.807) is 0 Å². The van der Waals surface area contributed by atoms with Gasteiger partial charge in [0.15, 0.2) is 0 Å². The number of nitrogens with two attached hydrogens (primary N) is 1. The third kappa shape index (κ3) is 6.42. The van der Waals surface area contributed by atoms with Crippen molar-refractivity contribution in [3.8, 4) is 0 Å². The Bertz CT molecular complexity index is 488. The molecule has 3 atom stereocenters. The number of hydrogen-bond donors (Lipinski definition) is 1. The summed E-state index contributed by atoms with van der Waals surface area (Å²) in [5, 5.41) is 3.36. The average molecular weight is 319 g/mol. The molecule has 1 aliphatic carbocycles. The maximum absolute atomic E-state index is 11.3. The molecule has 0 aromatic carbocycles. The van der Waals surface area contributed by atoms with Gasteiger partial charge in [-0.3, -0.25) is 0 Å². The van der Waals surface area contributed by atoms with Gasteiger partial charge in [0.05, 0.1) is 0 Å². The fraction of sp³-hybridized carbons (Fsp3) is 0.700. The lowest BCUT2D eigenvalue weighted by atomic mass is 9.76. The second-order valence-corrected chi connectivity index (χ2v) is 7.74. The summed E-state index contributed by atoms with van der Waals surface area (Å²) in [7, 11) is 0. The molecule has 0 saturated carbocycles. The van der Waals surface area contributed by atoms with Crippen LogP contribution in [0.5, 0.6) is 0 Å². The Balaban J connectivity index is 2.97. The molecular formula is C20H34N2O. The van der Waals surface area contributed by atoms with Crippen LogP contribution in [0.25, 0.3) is 0 Å². The van der Waals surface area contributed by atoms with Gasteiger partial charge in [-0.2, -0.15) is 0 Å². The van der Waals surface area contributed by atoms with E-state index in [-0.39, 0.29) is 5.54 Å². The van der Waals surface area contributed by atoms with E-state index in [9.17, 15) is 4.91 Å². The minimum absolute atomic E-state index is 0.359. The first-order chi connectivity index (χ1) is 10.7. The molecular weight excluding hydrogens is 284 g/mol. The molecule has 1 aliphatic rings. The fourth-order valence-corrected chi connectivity index (χ4v) is 3.01. The van der Waals surface area contributed by atoms with Crippen LogP contribution in [0.4, 0.5) is 0 Å². The molecule has 23 heavy (non-hydrogen) atoms. The van der Waals surface area contributed by atoms with E-state index in [0.717, 1.165) is 38.5 Å². The van der Waals surface area contributed by atoms with Crippen molar-refractivity contribution in [3.05, 3.63) is 40.4 Å². The van der Waals surface area contributed by atoms with Crippen molar-refractivity contribution in [1.82, 2.24) is 0 Å². The Kier molecular flexibility index (Phi) is 7.40. The van der Waals surface area contributed by atoms with Gasteiger partial charge in [0.2, 0.25) is 0 Å². The molecule has 0 radical (unpaired) electrons. The number of allylic oxidation sites excluding steroid dienone is 4. The Morgan fingerprint density at radius 3 is 2.70 bits per heavy atom. The van der Waals surface area contributed by atoms with Crippen molar-refractivity contribution in [2.24, 2.45) is 16.8 Å². The van der Waals surface area contributed by atoms with Crippen LogP contribution in [-0.4, -0.2) is 11.1 Å². The lowest BCUT2D eigenvalue weighted by Gasteiger charge is -2.34. The van der Waals surface area contributed by atoms with E-state index in [2.05, 4.69) is 51.1 Å². The molecule has 0 aromatic rings. The van der Waals surface area contributed by atoms with E-state index in [1.165, 1.54) is 11.1 Å². The van der Waals surface area contributed by atoms with Gasteiger partial charge in [0.1, 0.15) is 5.54 Å². The summed E-state index contributed by atoms with van der Waals surface area (Å²) in [6.07, 6.45) is 14.2. The van der Waals surface area contributed by atoms with Crippen LogP contribution in [0.2, 0.25) is 0 Å². The van der Waals surface area contributed by atoms with Crippen LogP contribution < -0.4 is 5.73 Å². The second-order valence-electron chi connectivity index (χ2n) is 7.74. The zero-order valence-corrected chi connectivity index (χ0v) is 15.6. The van der Waals surface area contributed by atoms with E-state index < -0.39 is 5.54 Å². The summed E-state index contributed by atoms with van der Waals surface area (Å²) in [4.78, 5) is 11.3. The van der Waals surface area contributed by atoms with Crippen LogP contribution >= 0.6 is 0 Å². The van der Waals surface area contributed by atoms with Gasteiger partial charge in [-0.25, -0.2) is 0 Å². The SMILES string of the molecule is CC(C)=CCC[C@@H](C)[C@@]1(N)/C=C/[C@@](C)(N=O)CC/C=C(/C)CC1. The summed E-state index contributed by atoms with van der Waals surface area (Å²) in [6, 6.07) is 0. The first kappa shape index (κ1) is 19.8. The second kappa shape index (κ2) is 8.58. The molecule has 0 aliphatic heterocycles. The molecule has 1 rings (SSSR count). The maximum atomic E-state index is 11.3. The van der Waals surface area contributed by atoms with Crippen molar-refractivity contribution < 1.29 is 0 Å². The molecule has 0 amide bonds. The summed E-state index contributed by atoms with van der Waals surface area (Å²) in [5.74, 6) is 0.359. The largest absolute Gasteiger partial charge is 0.322 e. The highest BCUT2D eigenvalue weighted by Crippen LogP contribution is 2.31. The van der Waals surface area contributed by atoms with Gasteiger partial charge in [0.25, 0.3) is 0 Å². The number of nitroso groups, excluding NO2 is 1. The van der Waals surface area contributed by atoms with Crippen LogP contribution in [0.15, 0.2) is 40.6 Å². The molecule has 3 nitrogen and oxygen atoms in total. The molecule has 3 heteroatoms. The quantitative estimate of drug-likeness (QED) is 0.524. The van der Waals surface area contributed by atoms with Crippen molar-refractivity contribution in [3.63, 3.8) is 0 Å².